The van der Waals surface area contributed by atoms with E-state index >= 15 is 0 Å². The number of terminal acetylenes is 1. The maximum absolute atomic E-state index is 12.6. The van der Waals surface area contributed by atoms with Crippen LogP contribution in [0.2, 0.25) is 0 Å². The van der Waals surface area contributed by atoms with Crippen molar-refractivity contribution in [3.63, 3.8) is 0 Å². The lowest BCUT2D eigenvalue weighted by atomic mass is 10.2. The number of ether oxygens (including phenoxy) is 2. The third kappa shape index (κ3) is 4.40. The number of para-hydroxylation sites is 1. The number of carbonyl (C=O) groups excluding carboxylic acids is 1. The van der Waals surface area contributed by atoms with Gasteiger partial charge in [-0.3, -0.25) is 9.78 Å². The van der Waals surface area contributed by atoms with Crippen molar-refractivity contribution in [2.75, 3.05) is 11.9 Å². The van der Waals surface area contributed by atoms with Gasteiger partial charge in [0.15, 0.2) is 0 Å². The van der Waals surface area contributed by atoms with Gasteiger partial charge in [0.25, 0.3) is 5.91 Å². The predicted molar refractivity (Wildman–Crippen MR) is 99.5 cm³/mol. The van der Waals surface area contributed by atoms with Crippen LogP contribution in [0.1, 0.15) is 10.4 Å². The number of hydrogen-bond donors (Lipinski definition) is 1. The van der Waals surface area contributed by atoms with Crippen molar-refractivity contribution in [3.8, 4) is 29.6 Å². The SMILES string of the molecule is C#CCOc1ccc(NC(=O)c2ccccc2Oc2cccnc2)cc1. The Morgan fingerprint density at radius 1 is 1.04 bits per heavy atom. The lowest BCUT2D eigenvalue weighted by molar-refractivity contribution is 0.102. The van der Waals surface area contributed by atoms with E-state index in [9.17, 15) is 4.79 Å². The molecule has 128 valence electrons. The summed E-state index contributed by atoms with van der Waals surface area (Å²) < 4.78 is 11.1. The Balaban J connectivity index is 1.73. The zero-order chi connectivity index (χ0) is 18.2. The highest BCUT2D eigenvalue weighted by atomic mass is 16.5. The lowest BCUT2D eigenvalue weighted by Crippen LogP contribution is -2.13. The van der Waals surface area contributed by atoms with Gasteiger partial charge in [-0.2, -0.15) is 0 Å². The van der Waals surface area contributed by atoms with Crippen LogP contribution in [0.25, 0.3) is 0 Å². The van der Waals surface area contributed by atoms with Gasteiger partial charge < -0.3 is 14.8 Å². The van der Waals surface area contributed by atoms with Crippen LogP contribution in [0.15, 0.2) is 73.1 Å². The number of anilines is 1. The van der Waals surface area contributed by atoms with Crippen molar-refractivity contribution < 1.29 is 14.3 Å². The lowest BCUT2D eigenvalue weighted by Gasteiger charge is -2.11. The minimum Gasteiger partial charge on any atom is -0.481 e. The highest BCUT2D eigenvalue weighted by Gasteiger charge is 2.13. The van der Waals surface area contributed by atoms with E-state index in [4.69, 9.17) is 15.9 Å². The van der Waals surface area contributed by atoms with Gasteiger partial charge in [-0.05, 0) is 48.5 Å². The molecule has 0 aliphatic rings. The first-order valence-corrected chi connectivity index (χ1v) is 7.91. The molecule has 0 unspecified atom stereocenters. The molecule has 0 saturated heterocycles. The van der Waals surface area contributed by atoms with E-state index in [2.05, 4.69) is 16.2 Å². The molecule has 5 heteroatoms. The maximum Gasteiger partial charge on any atom is 0.259 e. The monoisotopic (exact) mass is 344 g/mol. The van der Waals surface area contributed by atoms with Crippen molar-refractivity contribution in [2.45, 2.75) is 0 Å². The zero-order valence-corrected chi connectivity index (χ0v) is 13.9. The summed E-state index contributed by atoms with van der Waals surface area (Å²) in [5.74, 6) is 3.77. The average molecular weight is 344 g/mol. The number of carbonyl (C=O) groups is 1. The topological polar surface area (TPSA) is 60.5 Å². The largest absolute Gasteiger partial charge is 0.481 e. The van der Waals surface area contributed by atoms with E-state index in [-0.39, 0.29) is 12.5 Å². The Kier molecular flexibility index (Phi) is 5.48. The summed E-state index contributed by atoms with van der Waals surface area (Å²) in [5, 5.41) is 2.84. The number of benzene rings is 2. The Morgan fingerprint density at radius 2 is 1.85 bits per heavy atom. The van der Waals surface area contributed by atoms with Crippen LogP contribution < -0.4 is 14.8 Å². The standard InChI is InChI=1S/C21H16N2O3/c1-2-14-25-17-11-9-16(10-12-17)23-21(24)19-7-3-4-8-20(19)26-18-6-5-13-22-15-18/h1,3-13,15H,14H2,(H,23,24). The molecule has 1 heterocycles. The van der Waals surface area contributed by atoms with Crippen LogP contribution in [0.5, 0.6) is 17.2 Å². The van der Waals surface area contributed by atoms with Crippen molar-refractivity contribution in [1.29, 1.82) is 0 Å². The molecule has 0 aliphatic carbocycles. The molecule has 0 fully saturated rings. The van der Waals surface area contributed by atoms with E-state index in [1.54, 1.807) is 73.1 Å². The van der Waals surface area contributed by atoms with Crippen molar-refractivity contribution in [1.82, 2.24) is 4.98 Å². The summed E-state index contributed by atoms with van der Waals surface area (Å²) in [4.78, 5) is 16.6. The molecule has 1 N–H and O–H groups in total. The van der Waals surface area contributed by atoms with Crippen LogP contribution in [0.3, 0.4) is 0 Å². The van der Waals surface area contributed by atoms with Gasteiger partial charge in [0.05, 0.1) is 11.8 Å². The Bertz CT molecular complexity index is 916. The number of hydrogen-bond acceptors (Lipinski definition) is 4. The normalized spacial score (nSPS) is 9.81. The second kappa shape index (κ2) is 8.36. The number of aromatic nitrogens is 1. The zero-order valence-electron chi connectivity index (χ0n) is 13.9. The maximum atomic E-state index is 12.6. The second-order valence-corrected chi connectivity index (χ2v) is 5.26. The Labute approximate surface area is 151 Å². The van der Waals surface area contributed by atoms with Gasteiger partial charge in [0, 0.05) is 11.9 Å². The molecule has 0 saturated carbocycles. The quantitative estimate of drug-likeness (QED) is 0.683. The summed E-state index contributed by atoms with van der Waals surface area (Å²) in [5.41, 5.74) is 1.06. The molecule has 5 nitrogen and oxygen atoms in total. The Hall–Kier alpha value is -3.78. The van der Waals surface area contributed by atoms with Gasteiger partial charge in [0.2, 0.25) is 0 Å². The number of rotatable bonds is 6. The minimum absolute atomic E-state index is 0.199. The molecule has 26 heavy (non-hydrogen) atoms. The smallest absolute Gasteiger partial charge is 0.259 e. The van der Waals surface area contributed by atoms with E-state index in [0.717, 1.165) is 0 Å². The van der Waals surface area contributed by atoms with E-state index in [1.807, 2.05) is 0 Å². The molecular formula is C21H16N2O3. The van der Waals surface area contributed by atoms with Gasteiger partial charge >= 0.3 is 0 Å². The minimum atomic E-state index is -0.276. The first-order valence-electron chi connectivity index (χ1n) is 7.91. The second-order valence-electron chi connectivity index (χ2n) is 5.26. The van der Waals surface area contributed by atoms with Gasteiger partial charge in [-0.1, -0.05) is 18.1 Å². The highest BCUT2D eigenvalue weighted by molar-refractivity contribution is 6.06. The number of nitrogens with one attached hydrogen (secondary N) is 1. The molecule has 3 aromatic rings. The fourth-order valence-corrected chi connectivity index (χ4v) is 2.24. The van der Waals surface area contributed by atoms with E-state index < -0.39 is 0 Å². The summed E-state index contributed by atoms with van der Waals surface area (Å²) in [6, 6.07) is 17.5. The van der Waals surface area contributed by atoms with Crippen LogP contribution in [0, 0.1) is 12.3 Å². The molecule has 0 spiro atoms. The molecule has 0 radical (unpaired) electrons. The van der Waals surface area contributed by atoms with Gasteiger partial charge in [0.1, 0.15) is 23.9 Å². The number of nitrogens with zero attached hydrogens (tertiary/aromatic N) is 1. The molecule has 1 amide bonds. The molecule has 3 rings (SSSR count). The fourth-order valence-electron chi connectivity index (χ4n) is 2.24. The number of pyridine rings is 1. The predicted octanol–water partition coefficient (Wildman–Crippen LogP) is 4.14. The molecule has 1 aromatic heterocycles. The molecule has 0 bridgehead atoms. The molecule has 0 atom stereocenters. The van der Waals surface area contributed by atoms with Crippen LogP contribution in [0.4, 0.5) is 5.69 Å². The fraction of sp³-hybridized carbons (Fsp3) is 0.0476. The highest BCUT2D eigenvalue weighted by Crippen LogP contribution is 2.25. The Morgan fingerprint density at radius 3 is 2.58 bits per heavy atom. The van der Waals surface area contributed by atoms with Gasteiger partial charge in [-0.15, -0.1) is 6.42 Å². The summed E-state index contributed by atoms with van der Waals surface area (Å²) in [7, 11) is 0. The summed E-state index contributed by atoms with van der Waals surface area (Å²) in [6.07, 6.45) is 8.40. The molecular weight excluding hydrogens is 328 g/mol. The van der Waals surface area contributed by atoms with Crippen molar-refractivity contribution in [3.05, 3.63) is 78.6 Å². The van der Waals surface area contributed by atoms with Crippen LogP contribution in [-0.2, 0) is 0 Å². The van der Waals surface area contributed by atoms with E-state index in [0.29, 0.717) is 28.5 Å². The first-order chi connectivity index (χ1) is 12.8. The summed E-state index contributed by atoms with van der Waals surface area (Å²) >= 11 is 0. The number of amides is 1. The van der Waals surface area contributed by atoms with Crippen LogP contribution in [-0.4, -0.2) is 17.5 Å². The first kappa shape index (κ1) is 17.1. The van der Waals surface area contributed by atoms with Crippen LogP contribution >= 0.6 is 0 Å². The molecule has 2 aromatic carbocycles. The third-order valence-corrected chi connectivity index (χ3v) is 3.43. The van der Waals surface area contributed by atoms with Crippen molar-refractivity contribution in [2.24, 2.45) is 0 Å². The molecule has 0 aliphatic heterocycles. The third-order valence-electron chi connectivity index (χ3n) is 3.43. The van der Waals surface area contributed by atoms with Crippen molar-refractivity contribution >= 4 is 11.6 Å². The average Bonchev–Trinajstić information content (AvgIpc) is 2.68. The van der Waals surface area contributed by atoms with E-state index in [1.165, 1.54) is 0 Å². The summed E-state index contributed by atoms with van der Waals surface area (Å²) in [6.45, 7) is 0.199. The van der Waals surface area contributed by atoms with Gasteiger partial charge in [-0.25, -0.2) is 0 Å².